The Morgan fingerprint density at radius 1 is 1.29 bits per heavy atom. The van der Waals surface area contributed by atoms with Gasteiger partial charge in [-0.05, 0) is 24.6 Å². The molecule has 0 atom stereocenters. The second kappa shape index (κ2) is 3.63. The van der Waals surface area contributed by atoms with E-state index < -0.39 is 0 Å². The number of nitriles is 1. The summed E-state index contributed by atoms with van der Waals surface area (Å²) in [6.45, 7) is 2.22. The SMILES string of the molecule is Cc1cc2cc3c(cc2nc1CC#N)OCO3. The van der Waals surface area contributed by atoms with Gasteiger partial charge in [0.2, 0.25) is 6.79 Å². The molecule has 1 aromatic heterocycles. The lowest BCUT2D eigenvalue weighted by Gasteiger charge is -2.05. The van der Waals surface area contributed by atoms with Gasteiger partial charge in [0, 0.05) is 11.5 Å². The smallest absolute Gasteiger partial charge is 0.231 e. The van der Waals surface area contributed by atoms with Gasteiger partial charge in [-0.3, -0.25) is 4.98 Å². The lowest BCUT2D eigenvalue weighted by Crippen LogP contribution is -1.93. The first-order valence-electron chi connectivity index (χ1n) is 5.35. The lowest BCUT2D eigenvalue weighted by atomic mass is 10.1. The monoisotopic (exact) mass is 226 g/mol. The zero-order valence-electron chi connectivity index (χ0n) is 9.36. The van der Waals surface area contributed by atoms with Crippen LogP contribution in [0, 0.1) is 18.3 Å². The molecule has 4 nitrogen and oxygen atoms in total. The minimum absolute atomic E-state index is 0.260. The zero-order valence-corrected chi connectivity index (χ0v) is 9.36. The van der Waals surface area contributed by atoms with Gasteiger partial charge < -0.3 is 9.47 Å². The van der Waals surface area contributed by atoms with E-state index in [0.717, 1.165) is 33.7 Å². The third-order valence-corrected chi connectivity index (χ3v) is 2.85. The summed E-state index contributed by atoms with van der Waals surface area (Å²) in [7, 11) is 0. The Labute approximate surface area is 98.4 Å². The molecule has 2 heterocycles. The maximum Gasteiger partial charge on any atom is 0.231 e. The normalized spacial score (nSPS) is 12.7. The fraction of sp³-hybridized carbons (Fsp3) is 0.231. The van der Waals surface area contributed by atoms with Crippen molar-refractivity contribution < 1.29 is 9.47 Å². The molecule has 0 aliphatic carbocycles. The topological polar surface area (TPSA) is 55.1 Å². The van der Waals surface area contributed by atoms with E-state index in [2.05, 4.69) is 11.1 Å². The van der Waals surface area contributed by atoms with Crippen LogP contribution in [0.4, 0.5) is 0 Å². The number of rotatable bonds is 1. The summed E-state index contributed by atoms with van der Waals surface area (Å²) in [4.78, 5) is 4.48. The van der Waals surface area contributed by atoms with Gasteiger partial charge in [-0.15, -0.1) is 0 Å². The molecule has 0 unspecified atom stereocenters. The molecule has 0 bridgehead atoms. The molecule has 1 aliphatic heterocycles. The van der Waals surface area contributed by atoms with Gasteiger partial charge in [0.05, 0.1) is 23.7 Å². The van der Waals surface area contributed by atoms with Crippen LogP contribution in [0.2, 0.25) is 0 Å². The molecule has 0 N–H and O–H groups in total. The molecule has 0 saturated carbocycles. The Balaban J connectivity index is 2.23. The summed E-state index contributed by atoms with van der Waals surface area (Å²) in [5.74, 6) is 1.48. The molecule has 0 fully saturated rings. The van der Waals surface area contributed by atoms with Crippen molar-refractivity contribution in [2.24, 2.45) is 0 Å². The first-order valence-corrected chi connectivity index (χ1v) is 5.35. The van der Waals surface area contributed by atoms with E-state index in [1.54, 1.807) is 0 Å². The number of hydrogen-bond donors (Lipinski definition) is 0. The van der Waals surface area contributed by atoms with E-state index in [0.29, 0.717) is 6.42 Å². The van der Waals surface area contributed by atoms with Crippen molar-refractivity contribution in [3.63, 3.8) is 0 Å². The molecule has 17 heavy (non-hydrogen) atoms. The standard InChI is InChI=1S/C13H10N2O2/c1-8-4-9-5-12-13(17-7-16-12)6-11(9)15-10(8)2-3-14/h4-6H,2,7H2,1H3. The van der Waals surface area contributed by atoms with E-state index in [4.69, 9.17) is 14.7 Å². The van der Waals surface area contributed by atoms with Crippen LogP contribution < -0.4 is 9.47 Å². The van der Waals surface area contributed by atoms with Crippen molar-refractivity contribution in [1.82, 2.24) is 4.98 Å². The Kier molecular flexibility index (Phi) is 2.12. The Bertz CT molecular complexity index is 644. The van der Waals surface area contributed by atoms with Crippen molar-refractivity contribution in [2.45, 2.75) is 13.3 Å². The third-order valence-electron chi connectivity index (χ3n) is 2.85. The molecule has 0 spiro atoms. The Morgan fingerprint density at radius 2 is 2.06 bits per heavy atom. The summed E-state index contributed by atoms with van der Waals surface area (Å²) in [6, 6.07) is 7.93. The van der Waals surface area contributed by atoms with Crippen LogP contribution in [0.3, 0.4) is 0 Å². The second-order valence-corrected chi connectivity index (χ2v) is 3.99. The highest BCUT2D eigenvalue weighted by Crippen LogP contribution is 2.35. The van der Waals surface area contributed by atoms with Crippen LogP contribution in [-0.2, 0) is 6.42 Å². The van der Waals surface area contributed by atoms with Crippen LogP contribution >= 0.6 is 0 Å². The van der Waals surface area contributed by atoms with Crippen molar-refractivity contribution in [1.29, 1.82) is 5.26 Å². The number of aryl methyl sites for hydroxylation is 1. The van der Waals surface area contributed by atoms with Crippen LogP contribution in [-0.4, -0.2) is 11.8 Å². The van der Waals surface area contributed by atoms with E-state index in [1.807, 2.05) is 25.1 Å². The summed E-state index contributed by atoms with van der Waals surface area (Å²) in [5.41, 5.74) is 2.68. The number of nitrogens with zero attached hydrogens (tertiary/aromatic N) is 2. The average molecular weight is 226 g/mol. The van der Waals surface area contributed by atoms with Crippen molar-refractivity contribution >= 4 is 10.9 Å². The van der Waals surface area contributed by atoms with E-state index in [-0.39, 0.29) is 6.79 Å². The van der Waals surface area contributed by atoms with Crippen LogP contribution in [0.5, 0.6) is 11.5 Å². The molecule has 0 saturated heterocycles. The molecule has 3 rings (SSSR count). The minimum atomic E-state index is 0.260. The highest BCUT2D eigenvalue weighted by atomic mass is 16.7. The van der Waals surface area contributed by atoms with Gasteiger partial charge in [0.1, 0.15) is 0 Å². The molecular weight excluding hydrogens is 216 g/mol. The van der Waals surface area contributed by atoms with Crippen molar-refractivity contribution in [2.75, 3.05) is 6.79 Å². The lowest BCUT2D eigenvalue weighted by molar-refractivity contribution is 0.174. The summed E-state index contributed by atoms with van der Waals surface area (Å²) < 4.78 is 10.6. The molecule has 84 valence electrons. The first kappa shape index (κ1) is 9.91. The molecule has 1 aromatic carbocycles. The molecular formula is C13H10N2O2. The van der Waals surface area contributed by atoms with E-state index >= 15 is 0 Å². The Morgan fingerprint density at radius 3 is 2.82 bits per heavy atom. The van der Waals surface area contributed by atoms with Gasteiger partial charge in [0.25, 0.3) is 0 Å². The van der Waals surface area contributed by atoms with Crippen molar-refractivity contribution in [3.05, 3.63) is 29.5 Å². The molecule has 0 radical (unpaired) electrons. The van der Waals surface area contributed by atoms with Gasteiger partial charge in [-0.25, -0.2) is 0 Å². The highest BCUT2D eigenvalue weighted by Gasteiger charge is 2.15. The highest BCUT2D eigenvalue weighted by molar-refractivity contribution is 5.83. The zero-order chi connectivity index (χ0) is 11.8. The number of hydrogen-bond acceptors (Lipinski definition) is 4. The second-order valence-electron chi connectivity index (χ2n) is 3.99. The summed E-state index contributed by atoms with van der Waals surface area (Å²) in [6.07, 6.45) is 0.330. The fourth-order valence-electron chi connectivity index (χ4n) is 1.96. The third kappa shape index (κ3) is 1.56. The van der Waals surface area contributed by atoms with Gasteiger partial charge in [0.15, 0.2) is 11.5 Å². The van der Waals surface area contributed by atoms with Crippen LogP contribution in [0.1, 0.15) is 11.3 Å². The maximum atomic E-state index is 8.74. The first-order chi connectivity index (χ1) is 8.28. The molecule has 2 aromatic rings. The van der Waals surface area contributed by atoms with Crippen LogP contribution in [0.15, 0.2) is 18.2 Å². The van der Waals surface area contributed by atoms with Crippen LogP contribution in [0.25, 0.3) is 10.9 Å². The summed E-state index contributed by atoms with van der Waals surface area (Å²) in [5, 5.41) is 9.74. The maximum absolute atomic E-state index is 8.74. The Hall–Kier alpha value is -2.28. The fourth-order valence-corrected chi connectivity index (χ4v) is 1.96. The minimum Gasteiger partial charge on any atom is -0.454 e. The number of aromatic nitrogens is 1. The molecule has 0 amide bonds. The summed E-state index contributed by atoms with van der Waals surface area (Å²) >= 11 is 0. The number of fused-ring (bicyclic) bond motifs is 2. The molecule has 4 heteroatoms. The number of benzene rings is 1. The number of ether oxygens (including phenoxy) is 2. The van der Waals surface area contributed by atoms with E-state index in [1.165, 1.54) is 0 Å². The van der Waals surface area contributed by atoms with Gasteiger partial charge >= 0.3 is 0 Å². The average Bonchev–Trinajstić information content (AvgIpc) is 2.74. The quantitative estimate of drug-likeness (QED) is 0.748. The largest absolute Gasteiger partial charge is 0.454 e. The number of pyridine rings is 1. The van der Waals surface area contributed by atoms with Gasteiger partial charge in [-0.1, -0.05) is 0 Å². The van der Waals surface area contributed by atoms with E-state index in [9.17, 15) is 0 Å². The predicted molar refractivity (Wildman–Crippen MR) is 61.9 cm³/mol. The van der Waals surface area contributed by atoms with Crippen molar-refractivity contribution in [3.8, 4) is 17.6 Å². The van der Waals surface area contributed by atoms with Gasteiger partial charge in [-0.2, -0.15) is 5.26 Å². The molecule has 1 aliphatic rings. The predicted octanol–water partition coefficient (Wildman–Crippen LogP) is 2.34.